The van der Waals surface area contributed by atoms with Gasteiger partial charge in [-0.3, -0.25) is 14.4 Å². The van der Waals surface area contributed by atoms with Gasteiger partial charge in [0, 0.05) is 31.6 Å². The minimum Gasteiger partial charge on any atom is -0.484 e. The van der Waals surface area contributed by atoms with Crippen LogP contribution in [0.2, 0.25) is 5.02 Å². The van der Waals surface area contributed by atoms with Crippen LogP contribution in [-0.2, 0) is 9.59 Å². The number of anilines is 1. The number of ether oxygens (including phenoxy) is 2. The molecule has 0 aliphatic carbocycles. The number of carbonyl (C=O) groups is 3. The van der Waals surface area contributed by atoms with Crippen LogP contribution >= 0.6 is 11.6 Å². The number of rotatable bonds is 11. The molecule has 0 unspecified atom stereocenters. The van der Waals surface area contributed by atoms with Crippen molar-refractivity contribution in [1.29, 1.82) is 0 Å². The summed E-state index contributed by atoms with van der Waals surface area (Å²) in [6, 6.07) is 10.3. The lowest BCUT2D eigenvalue weighted by atomic mass is 10.1. The van der Waals surface area contributed by atoms with Crippen LogP contribution in [0.3, 0.4) is 0 Å². The molecule has 2 aromatic rings. The molecule has 0 fully saturated rings. The number of ketones is 1. The second-order valence-electron chi connectivity index (χ2n) is 8.42. The van der Waals surface area contributed by atoms with Crippen molar-refractivity contribution in [3.63, 3.8) is 0 Å². The van der Waals surface area contributed by atoms with Crippen LogP contribution in [0.5, 0.6) is 11.5 Å². The summed E-state index contributed by atoms with van der Waals surface area (Å²) in [5.74, 6) is 0.431. The highest BCUT2D eigenvalue weighted by Crippen LogP contribution is 2.33. The number of benzene rings is 2. The zero-order valence-corrected chi connectivity index (χ0v) is 20.5. The zero-order chi connectivity index (χ0) is 24.7. The van der Waals surface area contributed by atoms with Gasteiger partial charge < -0.3 is 24.6 Å². The highest BCUT2D eigenvalue weighted by Gasteiger charge is 2.26. The molecule has 2 aromatic carbocycles. The van der Waals surface area contributed by atoms with Gasteiger partial charge in [0.2, 0.25) is 5.91 Å². The predicted molar refractivity (Wildman–Crippen MR) is 131 cm³/mol. The van der Waals surface area contributed by atoms with Crippen molar-refractivity contribution in [2.75, 3.05) is 51.8 Å². The molecule has 34 heavy (non-hydrogen) atoms. The van der Waals surface area contributed by atoms with E-state index in [1.165, 1.54) is 0 Å². The molecule has 1 aliphatic heterocycles. The first-order valence-electron chi connectivity index (χ1n) is 11.2. The number of hydrogen-bond acceptors (Lipinski definition) is 6. The number of likely N-dealkylation sites (N-methyl/N-ethyl adjacent to an activating group) is 1. The Hall–Kier alpha value is -3.10. The number of hydrogen-bond donors (Lipinski definition) is 1. The first-order valence-corrected chi connectivity index (χ1v) is 11.5. The fourth-order valence-corrected chi connectivity index (χ4v) is 3.76. The van der Waals surface area contributed by atoms with Crippen molar-refractivity contribution in [2.24, 2.45) is 0 Å². The first-order chi connectivity index (χ1) is 16.2. The van der Waals surface area contributed by atoms with Gasteiger partial charge in [-0.15, -0.1) is 0 Å². The Balaban J connectivity index is 1.61. The topological polar surface area (TPSA) is 88.2 Å². The van der Waals surface area contributed by atoms with E-state index in [1.807, 2.05) is 32.0 Å². The summed E-state index contributed by atoms with van der Waals surface area (Å²) in [6.07, 6.45) is 0.795. The average Bonchev–Trinajstić information content (AvgIpc) is 2.79. The molecule has 2 amide bonds. The number of nitrogens with one attached hydrogen (secondary N) is 1. The van der Waals surface area contributed by atoms with E-state index in [9.17, 15) is 14.4 Å². The molecule has 3 rings (SSSR count). The van der Waals surface area contributed by atoms with Crippen LogP contribution in [0, 0.1) is 6.92 Å². The number of halogens is 1. The summed E-state index contributed by atoms with van der Waals surface area (Å²) in [5.41, 5.74) is 1.91. The number of nitrogens with zero attached hydrogens (tertiary/aromatic N) is 2. The van der Waals surface area contributed by atoms with Crippen LogP contribution in [-0.4, -0.2) is 69.4 Å². The lowest BCUT2D eigenvalue weighted by Crippen LogP contribution is -2.40. The van der Waals surface area contributed by atoms with E-state index in [0.717, 1.165) is 12.1 Å². The van der Waals surface area contributed by atoms with Gasteiger partial charge in [-0.1, -0.05) is 17.7 Å². The van der Waals surface area contributed by atoms with Crippen molar-refractivity contribution in [3.05, 3.63) is 52.5 Å². The Morgan fingerprint density at radius 1 is 1.21 bits per heavy atom. The molecule has 0 radical (unpaired) electrons. The molecule has 9 heteroatoms. The average molecular weight is 488 g/mol. The van der Waals surface area contributed by atoms with Gasteiger partial charge in [0.15, 0.2) is 19.0 Å². The minimum atomic E-state index is -0.252. The molecule has 0 bridgehead atoms. The number of carbonyl (C=O) groups excluding carboxylic acids is 3. The molecular formula is C25H30ClN3O5. The van der Waals surface area contributed by atoms with Crippen molar-refractivity contribution >= 4 is 34.9 Å². The number of fused-ring (bicyclic) bond motifs is 1. The highest BCUT2D eigenvalue weighted by atomic mass is 35.5. The third-order valence-electron chi connectivity index (χ3n) is 5.34. The van der Waals surface area contributed by atoms with E-state index in [4.69, 9.17) is 21.1 Å². The van der Waals surface area contributed by atoms with Crippen LogP contribution in [0.25, 0.3) is 0 Å². The van der Waals surface area contributed by atoms with E-state index in [0.29, 0.717) is 53.7 Å². The Morgan fingerprint density at radius 3 is 2.74 bits per heavy atom. The molecule has 8 nitrogen and oxygen atoms in total. The number of Topliss-reactive ketones (excluding diaryl/α,β-unsaturated/α-hetero) is 1. The third kappa shape index (κ3) is 6.95. The molecular weight excluding hydrogens is 458 g/mol. The van der Waals surface area contributed by atoms with E-state index in [-0.39, 0.29) is 30.8 Å². The third-order valence-corrected chi connectivity index (χ3v) is 5.63. The number of aryl methyl sites for hydroxylation is 1. The van der Waals surface area contributed by atoms with Gasteiger partial charge in [-0.25, -0.2) is 0 Å². The molecule has 0 atom stereocenters. The first kappa shape index (κ1) is 25.5. The van der Waals surface area contributed by atoms with Gasteiger partial charge >= 0.3 is 0 Å². The lowest BCUT2D eigenvalue weighted by Gasteiger charge is -2.29. The second-order valence-corrected chi connectivity index (χ2v) is 8.83. The Bertz CT molecular complexity index is 1060. The van der Waals surface area contributed by atoms with E-state index < -0.39 is 0 Å². The van der Waals surface area contributed by atoms with E-state index >= 15 is 0 Å². The molecule has 0 saturated carbocycles. The summed E-state index contributed by atoms with van der Waals surface area (Å²) in [7, 11) is 3.88. The van der Waals surface area contributed by atoms with Crippen LogP contribution in [0.15, 0.2) is 36.4 Å². The zero-order valence-electron chi connectivity index (χ0n) is 19.7. The molecule has 0 spiro atoms. The monoisotopic (exact) mass is 487 g/mol. The quantitative estimate of drug-likeness (QED) is 0.490. The smallest absolute Gasteiger partial charge is 0.265 e. The van der Waals surface area contributed by atoms with Crippen LogP contribution in [0.1, 0.15) is 28.8 Å². The summed E-state index contributed by atoms with van der Waals surface area (Å²) >= 11 is 6.17. The van der Waals surface area contributed by atoms with Gasteiger partial charge in [-0.05, 0) is 63.3 Å². The van der Waals surface area contributed by atoms with Gasteiger partial charge in [0.1, 0.15) is 11.5 Å². The lowest BCUT2D eigenvalue weighted by molar-refractivity contribution is -0.122. The maximum Gasteiger partial charge on any atom is 0.265 e. The molecule has 182 valence electrons. The van der Waals surface area contributed by atoms with E-state index in [2.05, 4.69) is 5.32 Å². The standard InChI is InChI=1S/C25H30ClN3O5/c1-17-6-8-22(19(26)13-17)33-15-21(30)18-7-9-23-20(14-18)29(25(32)16-34-23)11-4-5-24(31)27-10-12-28(2)3/h6-9,13-14H,4-5,10-12,15-16H2,1-3H3,(H,27,31). The van der Waals surface area contributed by atoms with Crippen molar-refractivity contribution in [2.45, 2.75) is 19.8 Å². The molecule has 1 heterocycles. The van der Waals surface area contributed by atoms with Gasteiger partial charge in [0.05, 0.1) is 10.7 Å². The molecule has 0 aromatic heterocycles. The van der Waals surface area contributed by atoms with Crippen molar-refractivity contribution < 1.29 is 23.9 Å². The molecule has 1 N–H and O–H groups in total. The minimum absolute atomic E-state index is 0.0568. The van der Waals surface area contributed by atoms with E-state index in [1.54, 1.807) is 35.2 Å². The summed E-state index contributed by atoms with van der Waals surface area (Å²) in [6.45, 7) is 3.34. The fourth-order valence-electron chi connectivity index (χ4n) is 3.48. The Labute approximate surface area is 204 Å². The van der Waals surface area contributed by atoms with Gasteiger partial charge in [-0.2, -0.15) is 0 Å². The SMILES string of the molecule is Cc1ccc(OCC(=O)c2ccc3c(c2)N(CCCC(=O)NCCN(C)C)C(=O)CO3)c(Cl)c1. The predicted octanol–water partition coefficient (Wildman–Crippen LogP) is 3.09. The summed E-state index contributed by atoms with van der Waals surface area (Å²) in [5, 5.41) is 3.30. The second kappa shape index (κ2) is 11.9. The molecule has 1 aliphatic rings. The Morgan fingerprint density at radius 2 is 2.00 bits per heavy atom. The summed E-state index contributed by atoms with van der Waals surface area (Å²) in [4.78, 5) is 40.9. The van der Waals surface area contributed by atoms with Crippen LogP contribution in [0.4, 0.5) is 5.69 Å². The summed E-state index contributed by atoms with van der Waals surface area (Å²) < 4.78 is 11.1. The van der Waals surface area contributed by atoms with Crippen molar-refractivity contribution in [1.82, 2.24) is 10.2 Å². The largest absolute Gasteiger partial charge is 0.484 e. The number of amides is 2. The fraction of sp³-hybridized carbons (Fsp3) is 0.400. The highest BCUT2D eigenvalue weighted by molar-refractivity contribution is 6.32. The maximum atomic E-state index is 12.8. The van der Waals surface area contributed by atoms with Gasteiger partial charge in [0.25, 0.3) is 5.91 Å². The molecule has 0 saturated heterocycles. The van der Waals surface area contributed by atoms with Crippen LogP contribution < -0.4 is 19.7 Å². The normalized spacial score (nSPS) is 12.9. The Kier molecular flexibility index (Phi) is 8.90. The van der Waals surface area contributed by atoms with Crippen molar-refractivity contribution in [3.8, 4) is 11.5 Å². The maximum absolute atomic E-state index is 12.8.